The summed E-state index contributed by atoms with van der Waals surface area (Å²) in [4.78, 5) is 29.7. The maximum Gasteiger partial charge on any atom is 0.416 e. The Balaban J connectivity index is 1.66. The predicted molar refractivity (Wildman–Crippen MR) is 99.6 cm³/mol. The highest BCUT2D eigenvalue weighted by Crippen LogP contribution is 2.28. The van der Waals surface area contributed by atoms with Gasteiger partial charge in [0.05, 0.1) is 23.3 Å². The van der Waals surface area contributed by atoms with Crippen LogP contribution in [0.5, 0.6) is 0 Å². The Bertz CT molecular complexity index is 981. The fraction of sp³-hybridized carbons (Fsp3) is 0.211. The molecule has 1 aliphatic heterocycles. The molecule has 1 aromatic heterocycles. The number of imide groups is 1. The summed E-state index contributed by atoms with van der Waals surface area (Å²) in [5.41, 5.74) is 4.01. The van der Waals surface area contributed by atoms with Gasteiger partial charge in [-0.1, -0.05) is 41.6 Å². The molecule has 0 saturated carbocycles. The van der Waals surface area contributed by atoms with Crippen molar-refractivity contribution in [1.29, 1.82) is 0 Å². The van der Waals surface area contributed by atoms with E-state index in [2.05, 4.69) is 4.98 Å². The van der Waals surface area contributed by atoms with Crippen LogP contribution >= 0.6 is 11.8 Å². The van der Waals surface area contributed by atoms with Gasteiger partial charge in [0.15, 0.2) is 5.16 Å². The molecule has 1 saturated heterocycles. The van der Waals surface area contributed by atoms with E-state index in [0.29, 0.717) is 6.54 Å². The Morgan fingerprint density at radius 2 is 1.96 bits per heavy atom. The number of benzene rings is 2. The SMILES string of the molecule is Cc1ccc(-n2c(SCC(=O)N3CCOC3=O)nc3ccccc32)cc1. The van der Waals surface area contributed by atoms with Crippen LogP contribution in [0.1, 0.15) is 5.56 Å². The first kappa shape index (κ1) is 16.7. The first-order chi connectivity index (χ1) is 12.6. The van der Waals surface area contributed by atoms with E-state index in [0.717, 1.165) is 26.8 Å². The molecule has 2 amide bonds. The molecule has 0 bridgehead atoms. The zero-order chi connectivity index (χ0) is 18.1. The zero-order valence-electron chi connectivity index (χ0n) is 14.2. The van der Waals surface area contributed by atoms with Crippen LogP contribution in [0, 0.1) is 6.92 Å². The normalized spacial score (nSPS) is 14.0. The molecule has 0 spiro atoms. The van der Waals surface area contributed by atoms with Gasteiger partial charge in [-0.05, 0) is 31.2 Å². The Labute approximate surface area is 154 Å². The molecular weight excluding hydrogens is 350 g/mol. The third kappa shape index (κ3) is 3.06. The molecular formula is C19H17N3O3S. The van der Waals surface area contributed by atoms with Crippen LogP contribution in [-0.4, -0.2) is 45.4 Å². The van der Waals surface area contributed by atoms with E-state index in [1.54, 1.807) is 0 Å². The van der Waals surface area contributed by atoms with E-state index in [1.165, 1.54) is 17.3 Å². The molecule has 0 radical (unpaired) electrons. The predicted octanol–water partition coefficient (Wildman–Crippen LogP) is 3.40. The van der Waals surface area contributed by atoms with Gasteiger partial charge >= 0.3 is 6.09 Å². The van der Waals surface area contributed by atoms with Crippen LogP contribution < -0.4 is 0 Å². The van der Waals surface area contributed by atoms with Crippen molar-refractivity contribution >= 4 is 34.8 Å². The molecule has 6 nitrogen and oxygen atoms in total. The lowest BCUT2D eigenvalue weighted by Gasteiger charge is -2.12. The minimum atomic E-state index is -0.567. The zero-order valence-corrected chi connectivity index (χ0v) is 15.0. The van der Waals surface area contributed by atoms with Gasteiger partial charge in [0.2, 0.25) is 5.91 Å². The van der Waals surface area contributed by atoms with Crippen molar-refractivity contribution in [3.63, 3.8) is 0 Å². The van der Waals surface area contributed by atoms with Gasteiger partial charge in [-0.15, -0.1) is 0 Å². The molecule has 2 heterocycles. The van der Waals surface area contributed by atoms with E-state index in [9.17, 15) is 9.59 Å². The molecule has 132 valence electrons. The maximum absolute atomic E-state index is 12.3. The van der Waals surface area contributed by atoms with Crippen LogP contribution in [0.25, 0.3) is 16.7 Å². The summed E-state index contributed by atoms with van der Waals surface area (Å²) in [5.74, 6) is -0.135. The standard InChI is InChI=1S/C19H17N3O3S/c1-13-6-8-14(9-7-13)22-16-5-3-2-4-15(16)20-18(22)26-12-17(23)21-10-11-25-19(21)24/h2-9H,10-12H2,1H3. The fourth-order valence-electron chi connectivity index (χ4n) is 2.87. The smallest absolute Gasteiger partial charge is 0.416 e. The average molecular weight is 367 g/mol. The number of hydrogen-bond acceptors (Lipinski definition) is 5. The number of nitrogens with zero attached hydrogens (tertiary/aromatic N) is 3. The number of rotatable bonds is 4. The second-order valence-corrected chi connectivity index (χ2v) is 6.94. The van der Waals surface area contributed by atoms with Gasteiger partial charge in [0, 0.05) is 5.69 Å². The summed E-state index contributed by atoms with van der Waals surface area (Å²) in [7, 11) is 0. The maximum atomic E-state index is 12.3. The van der Waals surface area contributed by atoms with Crippen molar-refractivity contribution in [1.82, 2.24) is 14.5 Å². The van der Waals surface area contributed by atoms with Crippen LogP contribution in [0.2, 0.25) is 0 Å². The molecule has 0 unspecified atom stereocenters. The Morgan fingerprint density at radius 3 is 2.69 bits per heavy atom. The fourth-order valence-corrected chi connectivity index (χ4v) is 3.77. The van der Waals surface area contributed by atoms with Crippen molar-refractivity contribution in [3.8, 4) is 5.69 Å². The number of ether oxygens (including phenoxy) is 1. The number of cyclic esters (lactones) is 1. The summed E-state index contributed by atoms with van der Waals surface area (Å²) in [5, 5.41) is 0.718. The highest BCUT2D eigenvalue weighted by molar-refractivity contribution is 7.99. The number of thioether (sulfide) groups is 1. The lowest BCUT2D eigenvalue weighted by molar-refractivity contribution is -0.125. The second kappa shape index (κ2) is 6.84. The minimum absolute atomic E-state index is 0.129. The third-order valence-electron chi connectivity index (χ3n) is 4.21. The molecule has 0 N–H and O–H groups in total. The number of amides is 2. The molecule has 4 rings (SSSR count). The van der Waals surface area contributed by atoms with Gasteiger partial charge in [-0.3, -0.25) is 9.36 Å². The topological polar surface area (TPSA) is 64.4 Å². The van der Waals surface area contributed by atoms with Gasteiger partial charge in [-0.25, -0.2) is 14.7 Å². The highest BCUT2D eigenvalue weighted by Gasteiger charge is 2.28. The Hall–Kier alpha value is -2.80. The van der Waals surface area contributed by atoms with Crippen LogP contribution in [-0.2, 0) is 9.53 Å². The quantitative estimate of drug-likeness (QED) is 0.661. The third-order valence-corrected chi connectivity index (χ3v) is 5.13. The highest BCUT2D eigenvalue weighted by atomic mass is 32.2. The molecule has 7 heteroatoms. The number of fused-ring (bicyclic) bond motifs is 1. The molecule has 1 aliphatic rings. The molecule has 1 fully saturated rings. The summed E-state index contributed by atoms with van der Waals surface area (Å²) < 4.78 is 6.86. The largest absolute Gasteiger partial charge is 0.447 e. The van der Waals surface area contributed by atoms with Gasteiger partial charge in [0.25, 0.3) is 0 Å². The van der Waals surface area contributed by atoms with E-state index >= 15 is 0 Å². The summed E-state index contributed by atoms with van der Waals surface area (Å²) in [6.45, 7) is 2.61. The molecule has 3 aromatic rings. The lowest BCUT2D eigenvalue weighted by atomic mass is 10.2. The monoisotopic (exact) mass is 367 g/mol. The van der Waals surface area contributed by atoms with Gasteiger partial charge < -0.3 is 4.74 Å². The Kier molecular flexibility index (Phi) is 4.38. The average Bonchev–Trinajstić information content (AvgIpc) is 3.24. The lowest BCUT2D eigenvalue weighted by Crippen LogP contribution is -2.33. The number of aromatic nitrogens is 2. The van der Waals surface area contributed by atoms with Crippen molar-refractivity contribution in [2.24, 2.45) is 0 Å². The summed E-state index contributed by atoms with van der Waals surface area (Å²) >= 11 is 1.32. The number of hydrogen-bond donors (Lipinski definition) is 0. The minimum Gasteiger partial charge on any atom is -0.447 e. The number of carbonyl (C=O) groups is 2. The van der Waals surface area contributed by atoms with E-state index in [4.69, 9.17) is 4.74 Å². The van der Waals surface area contributed by atoms with Crippen LogP contribution in [0.4, 0.5) is 4.79 Å². The van der Waals surface area contributed by atoms with Gasteiger partial charge in [-0.2, -0.15) is 0 Å². The van der Waals surface area contributed by atoms with Crippen molar-refractivity contribution in [2.75, 3.05) is 18.9 Å². The molecule has 2 aromatic carbocycles. The van der Waals surface area contributed by atoms with Crippen LogP contribution in [0.3, 0.4) is 0 Å². The van der Waals surface area contributed by atoms with Crippen molar-refractivity contribution in [2.45, 2.75) is 12.1 Å². The second-order valence-electron chi connectivity index (χ2n) is 6.00. The molecule has 0 atom stereocenters. The Morgan fingerprint density at radius 1 is 1.19 bits per heavy atom. The molecule has 0 aliphatic carbocycles. The van der Waals surface area contributed by atoms with Crippen LogP contribution in [0.15, 0.2) is 53.7 Å². The summed E-state index contributed by atoms with van der Waals surface area (Å²) in [6, 6.07) is 16.0. The number of aryl methyl sites for hydroxylation is 1. The summed E-state index contributed by atoms with van der Waals surface area (Å²) in [6.07, 6.45) is -0.567. The number of para-hydroxylation sites is 2. The van der Waals surface area contributed by atoms with Crippen molar-refractivity contribution in [3.05, 3.63) is 54.1 Å². The number of imidazole rings is 1. The van der Waals surface area contributed by atoms with Crippen molar-refractivity contribution < 1.29 is 14.3 Å². The first-order valence-corrected chi connectivity index (χ1v) is 9.26. The molecule has 26 heavy (non-hydrogen) atoms. The number of carbonyl (C=O) groups excluding carboxylic acids is 2. The van der Waals surface area contributed by atoms with E-state index in [1.807, 2.05) is 60.0 Å². The van der Waals surface area contributed by atoms with Gasteiger partial charge in [0.1, 0.15) is 6.61 Å². The van der Waals surface area contributed by atoms with E-state index in [-0.39, 0.29) is 18.3 Å². The van der Waals surface area contributed by atoms with E-state index < -0.39 is 6.09 Å². The first-order valence-electron chi connectivity index (χ1n) is 8.28.